The highest BCUT2D eigenvalue weighted by atomic mass is 35.5. The average molecular weight is 234 g/mol. The number of urea groups is 1. The smallest absolute Gasteiger partial charge is 0.324 e. The normalized spacial score (nSPS) is 18.0. The predicted molar refractivity (Wildman–Crippen MR) is 53.4 cm³/mol. The zero-order chi connectivity index (χ0) is 11.4. The van der Waals surface area contributed by atoms with Crippen LogP contribution in [0.15, 0.2) is 0 Å². The third-order valence-corrected chi connectivity index (χ3v) is 2.12. The van der Waals surface area contributed by atoms with Crippen molar-refractivity contribution in [2.45, 2.75) is 12.3 Å². The molecule has 1 unspecified atom stereocenters. The third-order valence-electron chi connectivity index (χ3n) is 1.92. The van der Waals surface area contributed by atoms with Crippen LogP contribution in [-0.4, -0.2) is 47.8 Å². The van der Waals surface area contributed by atoms with Gasteiger partial charge in [-0.25, -0.2) is 4.79 Å². The van der Waals surface area contributed by atoms with Gasteiger partial charge in [0.1, 0.15) is 11.9 Å². The van der Waals surface area contributed by atoms with Crippen LogP contribution in [-0.2, 0) is 9.59 Å². The van der Waals surface area contributed by atoms with Crippen molar-refractivity contribution in [2.24, 2.45) is 0 Å². The topological polar surface area (TPSA) is 78.5 Å². The Morgan fingerprint density at radius 2 is 2.27 bits per heavy atom. The molecule has 4 amide bonds. The highest BCUT2D eigenvalue weighted by Crippen LogP contribution is 1.97. The number of halogens is 1. The average Bonchev–Trinajstić information content (AvgIpc) is 2.17. The van der Waals surface area contributed by atoms with Gasteiger partial charge in [0, 0.05) is 13.1 Å². The molecular weight excluding hydrogens is 222 g/mol. The van der Waals surface area contributed by atoms with Crippen LogP contribution in [0.5, 0.6) is 0 Å². The molecule has 1 saturated heterocycles. The SMILES string of the molecule is CC(Cl)C(=O)NC(=O)N1CCNC(=O)C1. The first-order valence-corrected chi connectivity index (χ1v) is 4.95. The van der Waals surface area contributed by atoms with Crippen molar-refractivity contribution in [3.63, 3.8) is 0 Å². The second-order valence-corrected chi connectivity index (χ2v) is 3.84. The number of nitrogens with one attached hydrogen (secondary N) is 2. The van der Waals surface area contributed by atoms with Crippen LogP contribution >= 0.6 is 11.6 Å². The molecule has 0 aromatic carbocycles. The van der Waals surface area contributed by atoms with Crippen molar-refractivity contribution >= 4 is 29.4 Å². The Morgan fingerprint density at radius 1 is 1.60 bits per heavy atom. The van der Waals surface area contributed by atoms with E-state index < -0.39 is 17.3 Å². The fourth-order valence-corrected chi connectivity index (χ4v) is 1.15. The molecule has 0 aliphatic carbocycles. The zero-order valence-corrected chi connectivity index (χ0v) is 9.00. The first-order chi connectivity index (χ1) is 7.00. The monoisotopic (exact) mass is 233 g/mol. The van der Waals surface area contributed by atoms with Crippen LogP contribution in [0.1, 0.15) is 6.92 Å². The maximum atomic E-state index is 11.4. The van der Waals surface area contributed by atoms with E-state index in [0.717, 1.165) is 0 Å². The molecule has 2 N–H and O–H groups in total. The van der Waals surface area contributed by atoms with E-state index in [4.69, 9.17) is 11.6 Å². The van der Waals surface area contributed by atoms with Gasteiger partial charge in [0.05, 0.1) is 0 Å². The first-order valence-electron chi connectivity index (χ1n) is 4.51. The summed E-state index contributed by atoms with van der Waals surface area (Å²) in [6.45, 7) is 2.22. The van der Waals surface area contributed by atoms with Crippen molar-refractivity contribution in [1.82, 2.24) is 15.5 Å². The van der Waals surface area contributed by atoms with Crippen LogP contribution < -0.4 is 10.6 Å². The number of carbonyl (C=O) groups is 3. The van der Waals surface area contributed by atoms with Gasteiger partial charge in [-0.05, 0) is 6.92 Å². The van der Waals surface area contributed by atoms with E-state index >= 15 is 0 Å². The first kappa shape index (κ1) is 11.8. The van der Waals surface area contributed by atoms with Crippen molar-refractivity contribution in [2.75, 3.05) is 19.6 Å². The van der Waals surface area contributed by atoms with Crippen molar-refractivity contribution < 1.29 is 14.4 Å². The number of carbonyl (C=O) groups excluding carboxylic acids is 3. The quantitative estimate of drug-likeness (QED) is 0.587. The number of nitrogens with zero attached hydrogens (tertiary/aromatic N) is 1. The highest BCUT2D eigenvalue weighted by Gasteiger charge is 2.23. The molecule has 1 atom stereocenters. The van der Waals surface area contributed by atoms with Gasteiger partial charge < -0.3 is 10.2 Å². The van der Waals surface area contributed by atoms with Gasteiger partial charge in [-0.1, -0.05) is 0 Å². The molecular formula is C8H12ClN3O3. The van der Waals surface area contributed by atoms with E-state index in [1.165, 1.54) is 11.8 Å². The number of amides is 4. The van der Waals surface area contributed by atoms with Gasteiger partial charge >= 0.3 is 6.03 Å². The van der Waals surface area contributed by atoms with E-state index in [0.29, 0.717) is 13.1 Å². The summed E-state index contributed by atoms with van der Waals surface area (Å²) in [4.78, 5) is 34.7. The largest absolute Gasteiger partial charge is 0.353 e. The molecule has 1 aliphatic heterocycles. The van der Waals surface area contributed by atoms with E-state index in [2.05, 4.69) is 10.6 Å². The van der Waals surface area contributed by atoms with Gasteiger partial charge in [-0.2, -0.15) is 0 Å². The maximum Gasteiger partial charge on any atom is 0.324 e. The zero-order valence-electron chi connectivity index (χ0n) is 8.25. The van der Waals surface area contributed by atoms with E-state index in [9.17, 15) is 14.4 Å². The summed E-state index contributed by atoms with van der Waals surface area (Å²) in [6, 6.07) is -0.581. The highest BCUT2D eigenvalue weighted by molar-refractivity contribution is 6.31. The maximum absolute atomic E-state index is 11.4. The molecule has 1 rings (SSSR count). The van der Waals surface area contributed by atoms with Crippen LogP contribution in [0.3, 0.4) is 0 Å². The number of hydrogen-bond donors (Lipinski definition) is 2. The molecule has 0 aromatic heterocycles. The summed E-state index contributed by atoms with van der Waals surface area (Å²) in [7, 11) is 0. The van der Waals surface area contributed by atoms with Crippen LogP contribution in [0.4, 0.5) is 4.79 Å². The lowest BCUT2D eigenvalue weighted by atomic mass is 10.3. The Morgan fingerprint density at radius 3 is 2.80 bits per heavy atom. The molecule has 0 spiro atoms. The second kappa shape index (κ2) is 4.97. The summed E-state index contributed by atoms with van der Waals surface area (Å²) >= 11 is 5.48. The van der Waals surface area contributed by atoms with Crippen molar-refractivity contribution in [1.29, 1.82) is 0 Å². The van der Waals surface area contributed by atoms with E-state index in [1.807, 2.05) is 0 Å². The summed E-state index contributed by atoms with van der Waals surface area (Å²) in [5.41, 5.74) is 0. The van der Waals surface area contributed by atoms with Crippen LogP contribution in [0.25, 0.3) is 0 Å². The predicted octanol–water partition coefficient (Wildman–Crippen LogP) is -0.718. The summed E-state index contributed by atoms with van der Waals surface area (Å²) in [5, 5.41) is 3.91. The van der Waals surface area contributed by atoms with Crippen LogP contribution in [0, 0.1) is 0 Å². The van der Waals surface area contributed by atoms with Crippen molar-refractivity contribution in [3.8, 4) is 0 Å². The minimum atomic E-state index is -0.771. The molecule has 15 heavy (non-hydrogen) atoms. The standard InChI is InChI=1S/C8H12ClN3O3/c1-5(9)7(14)11-8(15)12-3-2-10-6(13)4-12/h5H,2-4H2,1H3,(H,10,13)(H,11,14,15). The Bertz CT molecular complexity index is 293. The molecule has 0 radical (unpaired) electrons. The fourth-order valence-electron chi connectivity index (χ4n) is 1.10. The Balaban J connectivity index is 2.46. The van der Waals surface area contributed by atoms with Gasteiger partial charge in [0.15, 0.2) is 0 Å². The molecule has 1 fully saturated rings. The van der Waals surface area contributed by atoms with Crippen molar-refractivity contribution in [3.05, 3.63) is 0 Å². The lowest BCUT2D eigenvalue weighted by Gasteiger charge is -2.26. The molecule has 6 nitrogen and oxygen atoms in total. The third kappa shape index (κ3) is 3.39. The Kier molecular flexibility index (Phi) is 3.90. The van der Waals surface area contributed by atoms with Crippen LogP contribution in [0.2, 0.25) is 0 Å². The molecule has 0 bridgehead atoms. The number of hydrogen-bond acceptors (Lipinski definition) is 3. The summed E-state index contributed by atoms with van der Waals surface area (Å²) in [6.07, 6.45) is 0. The molecule has 84 valence electrons. The summed E-state index contributed by atoms with van der Waals surface area (Å²) in [5.74, 6) is -0.796. The Labute approximate surface area is 91.9 Å². The van der Waals surface area contributed by atoms with Gasteiger partial charge in [0.25, 0.3) is 0 Å². The number of piperazine rings is 1. The molecule has 1 heterocycles. The molecule has 0 aromatic rings. The fraction of sp³-hybridized carbons (Fsp3) is 0.625. The van der Waals surface area contributed by atoms with E-state index in [-0.39, 0.29) is 12.5 Å². The lowest BCUT2D eigenvalue weighted by Crippen LogP contribution is -2.54. The van der Waals surface area contributed by atoms with Gasteiger partial charge in [-0.15, -0.1) is 11.6 Å². The molecule has 0 saturated carbocycles. The number of imide groups is 1. The number of rotatable bonds is 1. The van der Waals surface area contributed by atoms with E-state index in [1.54, 1.807) is 0 Å². The molecule has 1 aliphatic rings. The van der Waals surface area contributed by atoms with Gasteiger partial charge in [-0.3, -0.25) is 14.9 Å². The number of alkyl halides is 1. The Hall–Kier alpha value is -1.30. The summed E-state index contributed by atoms with van der Waals surface area (Å²) < 4.78 is 0. The lowest BCUT2D eigenvalue weighted by molar-refractivity contribution is -0.124. The minimum absolute atomic E-state index is 0.0320. The van der Waals surface area contributed by atoms with Gasteiger partial charge in [0.2, 0.25) is 11.8 Å². The second-order valence-electron chi connectivity index (χ2n) is 3.18. The molecule has 7 heteroatoms. The minimum Gasteiger partial charge on any atom is -0.353 e.